The lowest BCUT2D eigenvalue weighted by Gasteiger charge is -2.21. The summed E-state index contributed by atoms with van der Waals surface area (Å²) in [7, 11) is 0. The lowest BCUT2D eigenvalue weighted by molar-refractivity contribution is 0.980. The Labute approximate surface area is 134 Å². The van der Waals surface area contributed by atoms with Gasteiger partial charge in [0.1, 0.15) is 0 Å². The Bertz CT molecular complexity index is 677. The predicted octanol–water partition coefficient (Wildman–Crippen LogP) is 4.08. The average molecular weight is 370 g/mol. The number of guanidine groups is 1. The fraction of sp³-hybridized carbons (Fsp3) is 0.0769. The van der Waals surface area contributed by atoms with Crippen LogP contribution in [0.15, 0.2) is 50.9 Å². The van der Waals surface area contributed by atoms with Crippen LogP contribution in [0.5, 0.6) is 0 Å². The van der Waals surface area contributed by atoms with Crippen molar-refractivity contribution in [3.63, 3.8) is 0 Å². The second-order valence-electron chi connectivity index (χ2n) is 4.04. The van der Waals surface area contributed by atoms with E-state index in [4.69, 9.17) is 11.6 Å². The Balaban J connectivity index is 1.79. The molecule has 20 heavy (non-hydrogen) atoms. The molecule has 1 aromatic heterocycles. The number of hydrogen-bond donors (Lipinski definition) is 2. The van der Waals surface area contributed by atoms with Crippen molar-refractivity contribution in [2.24, 2.45) is 4.99 Å². The van der Waals surface area contributed by atoms with Gasteiger partial charge in [-0.2, -0.15) is 0 Å². The zero-order valence-electron chi connectivity index (χ0n) is 10.2. The highest BCUT2D eigenvalue weighted by Crippen LogP contribution is 2.34. The fourth-order valence-corrected chi connectivity index (χ4v) is 3.23. The number of nitrogens with one attached hydrogen (secondary N) is 2. The summed E-state index contributed by atoms with van der Waals surface area (Å²) in [5.74, 6) is 0.691. The molecule has 0 atom stereocenters. The highest BCUT2D eigenvalue weighted by Gasteiger charge is 2.15. The SMILES string of the molecule is Clc1cccnc1CN=C1NSc2cccc(Br)c2N1. The molecule has 7 heteroatoms. The van der Waals surface area contributed by atoms with Gasteiger partial charge in [0.2, 0.25) is 5.96 Å². The van der Waals surface area contributed by atoms with E-state index in [1.165, 1.54) is 11.9 Å². The van der Waals surface area contributed by atoms with Crippen LogP contribution in [-0.2, 0) is 6.54 Å². The number of benzene rings is 1. The van der Waals surface area contributed by atoms with E-state index < -0.39 is 0 Å². The number of halogens is 2. The van der Waals surface area contributed by atoms with Crippen molar-refractivity contribution in [2.45, 2.75) is 11.4 Å². The molecule has 2 aromatic rings. The normalized spacial score (nSPS) is 15.4. The van der Waals surface area contributed by atoms with Crippen molar-refractivity contribution in [3.8, 4) is 0 Å². The summed E-state index contributed by atoms with van der Waals surface area (Å²) in [6, 6.07) is 9.64. The zero-order chi connectivity index (χ0) is 13.9. The Hall–Kier alpha value is -1.24. The van der Waals surface area contributed by atoms with Crippen molar-refractivity contribution >= 4 is 51.1 Å². The van der Waals surface area contributed by atoms with Crippen molar-refractivity contribution in [1.82, 2.24) is 9.71 Å². The fourth-order valence-electron chi connectivity index (χ4n) is 1.72. The topological polar surface area (TPSA) is 49.3 Å². The standard InChI is InChI=1S/C13H10BrClN4S/c14-8-3-1-5-11-12(8)18-13(19-20-11)17-7-10-9(15)4-2-6-16-10/h1-6H,7H2,(H2,17,18,19). The van der Waals surface area contributed by atoms with Gasteiger partial charge in [0.25, 0.3) is 0 Å². The first-order chi connectivity index (χ1) is 9.74. The molecule has 0 spiro atoms. The highest BCUT2D eigenvalue weighted by molar-refractivity contribution is 9.10. The molecule has 3 rings (SSSR count). The van der Waals surface area contributed by atoms with Crippen LogP contribution in [0.3, 0.4) is 0 Å². The first-order valence-electron chi connectivity index (χ1n) is 5.86. The van der Waals surface area contributed by atoms with Gasteiger partial charge in [0.05, 0.1) is 27.8 Å². The van der Waals surface area contributed by atoms with Gasteiger partial charge in [-0.3, -0.25) is 9.71 Å². The molecule has 0 saturated heterocycles. The molecule has 4 nitrogen and oxygen atoms in total. The zero-order valence-corrected chi connectivity index (χ0v) is 13.4. The summed E-state index contributed by atoms with van der Waals surface area (Å²) >= 11 is 11.1. The lowest BCUT2D eigenvalue weighted by atomic mass is 10.3. The molecular weight excluding hydrogens is 360 g/mol. The molecule has 0 unspecified atom stereocenters. The maximum absolute atomic E-state index is 6.06. The number of anilines is 1. The predicted molar refractivity (Wildman–Crippen MR) is 87.1 cm³/mol. The minimum Gasteiger partial charge on any atom is -0.324 e. The monoisotopic (exact) mass is 368 g/mol. The molecule has 2 N–H and O–H groups in total. The Kier molecular flexibility index (Phi) is 4.14. The maximum atomic E-state index is 6.06. The highest BCUT2D eigenvalue weighted by atomic mass is 79.9. The number of aromatic nitrogens is 1. The Morgan fingerprint density at radius 2 is 2.20 bits per heavy atom. The summed E-state index contributed by atoms with van der Waals surface area (Å²) in [6.45, 7) is 0.426. The molecule has 0 fully saturated rings. The van der Waals surface area contributed by atoms with E-state index in [0.29, 0.717) is 17.5 Å². The number of nitrogens with zero attached hydrogens (tertiary/aromatic N) is 2. The number of hydrogen-bond acceptors (Lipinski definition) is 3. The van der Waals surface area contributed by atoms with E-state index >= 15 is 0 Å². The van der Waals surface area contributed by atoms with Gasteiger partial charge in [-0.05, 0) is 52.1 Å². The molecule has 102 valence electrons. The summed E-state index contributed by atoms with van der Waals surface area (Å²) in [5, 5.41) is 3.88. The third-order valence-corrected chi connectivity index (χ3v) is 4.56. The summed E-state index contributed by atoms with van der Waals surface area (Å²) in [4.78, 5) is 9.79. The van der Waals surface area contributed by atoms with Crippen LogP contribution in [0.25, 0.3) is 0 Å². The first-order valence-corrected chi connectivity index (χ1v) is 7.85. The van der Waals surface area contributed by atoms with Crippen LogP contribution in [0.2, 0.25) is 5.02 Å². The minimum absolute atomic E-state index is 0.426. The van der Waals surface area contributed by atoms with Crippen LogP contribution >= 0.6 is 39.5 Å². The quantitative estimate of drug-likeness (QED) is 0.783. The number of fused-ring (bicyclic) bond motifs is 1. The van der Waals surface area contributed by atoms with E-state index in [1.807, 2.05) is 24.3 Å². The summed E-state index contributed by atoms with van der Waals surface area (Å²) in [5.41, 5.74) is 1.77. The first kappa shape index (κ1) is 13.7. The summed E-state index contributed by atoms with van der Waals surface area (Å²) in [6.07, 6.45) is 1.71. The van der Waals surface area contributed by atoms with Crippen LogP contribution in [0.1, 0.15) is 5.69 Å². The second kappa shape index (κ2) is 6.03. The van der Waals surface area contributed by atoms with Gasteiger partial charge in [-0.25, -0.2) is 4.99 Å². The van der Waals surface area contributed by atoms with E-state index in [9.17, 15) is 0 Å². The van der Waals surface area contributed by atoms with Crippen molar-refractivity contribution in [3.05, 3.63) is 51.7 Å². The van der Waals surface area contributed by atoms with E-state index in [2.05, 4.69) is 35.9 Å². The van der Waals surface area contributed by atoms with Crippen LogP contribution in [0.4, 0.5) is 5.69 Å². The van der Waals surface area contributed by atoms with Gasteiger partial charge in [0.15, 0.2) is 0 Å². The second-order valence-corrected chi connectivity index (χ2v) is 6.15. The molecule has 0 radical (unpaired) electrons. The largest absolute Gasteiger partial charge is 0.324 e. The van der Waals surface area contributed by atoms with Crippen molar-refractivity contribution < 1.29 is 0 Å². The van der Waals surface area contributed by atoms with Gasteiger partial charge in [-0.1, -0.05) is 17.7 Å². The lowest BCUT2D eigenvalue weighted by Crippen LogP contribution is -2.29. The van der Waals surface area contributed by atoms with Crippen LogP contribution in [0, 0.1) is 0 Å². The minimum atomic E-state index is 0.426. The molecular formula is C13H10BrClN4S. The number of pyridine rings is 1. The van der Waals surface area contributed by atoms with Gasteiger partial charge < -0.3 is 5.32 Å². The average Bonchev–Trinajstić information content (AvgIpc) is 2.47. The maximum Gasteiger partial charge on any atom is 0.206 e. The van der Waals surface area contributed by atoms with Gasteiger partial charge >= 0.3 is 0 Å². The van der Waals surface area contributed by atoms with Crippen LogP contribution < -0.4 is 10.0 Å². The molecule has 0 saturated carbocycles. The van der Waals surface area contributed by atoms with Crippen molar-refractivity contribution in [2.75, 3.05) is 5.32 Å². The third-order valence-electron chi connectivity index (χ3n) is 2.70. The molecule has 0 aliphatic carbocycles. The van der Waals surface area contributed by atoms with Crippen molar-refractivity contribution in [1.29, 1.82) is 0 Å². The Morgan fingerprint density at radius 3 is 3.05 bits per heavy atom. The third kappa shape index (κ3) is 2.92. The Morgan fingerprint density at radius 1 is 1.30 bits per heavy atom. The number of para-hydroxylation sites is 1. The van der Waals surface area contributed by atoms with Gasteiger partial charge in [0, 0.05) is 10.7 Å². The van der Waals surface area contributed by atoms with Gasteiger partial charge in [-0.15, -0.1) is 0 Å². The molecule has 2 heterocycles. The number of aliphatic imine (C=N–C) groups is 1. The number of rotatable bonds is 2. The van der Waals surface area contributed by atoms with E-state index in [0.717, 1.165) is 20.7 Å². The van der Waals surface area contributed by atoms with E-state index in [1.54, 1.807) is 12.3 Å². The van der Waals surface area contributed by atoms with E-state index in [-0.39, 0.29) is 0 Å². The molecule has 1 aromatic carbocycles. The smallest absolute Gasteiger partial charge is 0.206 e. The molecule has 0 bridgehead atoms. The molecule has 0 amide bonds. The van der Waals surface area contributed by atoms with Crippen LogP contribution in [-0.4, -0.2) is 10.9 Å². The molecule has 1 aliphatic heterocycles. The molecule has 1 aliphatic rings. The summed E-state index contributed by atoms with van der Waals surface area (Å²) < 4.78 is 4.16.